The summed E-state index contributed by atoms with van der Waals surface area (Å²) < 4.78 is 49.2. The van der Waals surface area contributed by atoms with Gasteiger partial charge >= 0.3 is 0 Å². The molecule has 5 fully saturated rings. The molecule has 0 aromatic rings. The summed E-state index contributed by atoms with van der Waals surface area (Å²) in [5, 5.41) is 154. The first-order valence-corrected chi connectivity index (χ1v) is 16.9. The van der Waals surface area contributed by atoms with Crippen molar-refractivity contribution in [1.29, 1.82) is 0 Å². The van der Waals surface area contributed by atoms with Crippen molar-refractivity contribution in [1.82, 2.24) is 0 Å². The van der Waals surface area contributed by atoms with Crippen LogP contribution in [0.25, 0.3) is 0 Å². The van der Waals surface area contributed by atoms with E-state index in [1.807, 2.05) is 0 Å². The summed E-state index contributed by atoms with van der Waals surface area (Å²) in [5.41, 5.74) is 0. The summed E-state index contributed by atoms with van der Waals surface area (Å²) in [6.45, 7) is -1.66. The first-order chi connectivity index (χ1) is 25.0. The van der Waals surface area contributed by atoms with Gasteiger partial charge in [0, 0.05) is 0 Å². The summed E-state index contributed by atoms with van der Waals surface area (Å²) in [4.78, 5) is 0. The van der Waals surface area contributed by atoms with Crippen LogP contribution in [0, 0.1) is 0 Å². The lowest BCUT2D eigenvalue weighted by Crippen LogP contribution is -2.67. The molecule has 0 unspecified atom stereocenters. The number of rotatable bonds is 12. The monoisotopic (exact) mass is 782 g/mol. The van der Waals surface area contributed by atoms with Gasteiger partial charge in [0.25, 0.3) is 0 Å². The van der Waals surface area contributed by atoms with Crippen LogP contribution in [0.5, 0.6) is 0 Å². The van der Waals surface area contributed by atoms with Gasteiger partial charge < -0.3 is 119 Å². The summed E-state index contributed by atoms with van der Waals surface area (Å²) in [5.74, 6) is 0. The third-order valence-electron chi connectivity index (χ3n) is 9.90. The molecular weight excluding hydrogens is 732 g/mol. The second-order valence-electron chi connectivity index (χ2n) is 13.5. The highest BCUT2D eigenvalue weighted by atomic mass is 16.8. The van der Waals surface area contributed by atoms with Gasteiger partial charge in [-0.3, -0.25) is 0 Å². The van der Waals surface area contributed by atoms with Crippen molar-refractivity contribution in [3.8, 4) is 0 Å². The lowest BCUT2D eigenvalue weighted by molar-refractivity contribution is -0.386. The Labute approximate surface area is 300 Å². The molecule has 15 N–H and O–H groups in total. The smallest absolute Gasteiger partial charge is 0.187 e. The predicted octanol–water partition coefficient (Wildman–Crippen LogP) is -10.3. The van der Waals surface area contributed by atoms with E-state index in [0.29, 0.717) is 0 Å². The van der Waals surface area contributed by atoms with Gasteiger partial charge in [0.2, 0.25) is 0 Å². The fraction of sp³-hybridized carbons (Fsp3) is 1.00. The Morgan fingerprint density at radius 2 is 0.774 bits per heavy atom. The molecule has 5 saturated heterocycles. The Morgan fingerprint density at radius 3 is 1.26 bits per heavy atom. The first-order valence-electron chi connectivity index (χ1n) is 16.9. The quantitative estimate of drug-likeness (QED) is 0.0873. The van der Waals surface area contributed by atoms with E-state index in [9.17, 15) is 76.6 Å². The van der Waals surface area contributed by atoms with Crippen molar-refractivity contribution >= 4 is 0 Å². The van der Waals surface area contributed by atoms with Crippen molar-refractivity contribution in [2.24, 2.45) is 0 Å². The summed E-state index contributed by atoms with van der Waals surface area (Å²) >= 11 is 0. The molecule has 0 spiro atoms. The summed E-state index contributed by atoms with van der Waals surface area (Å²) in [6, 6.07) is 0. The third kappa shape index (κ3) is 8.81. The second kappa shape index (κ2) is 18.1. The molecule has 0 aromatic heterocycles. The lowest BCUT2D eigenvalue weighted by atomic mass is 9.96. The van der Waals surface area contributed by atoms with Crippen LogP contribution < -0.4 is 0 Å². The van der Waals surface area contributed by atoms with Gasteiger partial charge in [-0.25, -0.2) is 0 Å². The zero-order valence-corrected chi connectivity index (χ0v) is 28.1. The highest BCUT2D eigenvalue weighted by Gasteiger charge is 2.55. The molecule has 310 valence electrons. The molecule has 5 heterocycles. The highest BCUT2D eigenvalue weighted by molar-refractivity contribution is 4.97. The maximum absolute atomic E-state index is 11.0. The van der Waals surface area contributed by atoms with E-state index in [4.69, 9.17) is 42.6 Å². The molecule has 24 heteroatoms. The average Bonchev–Trinajstić information content (AvgIpc) is 3.39. The molecule has 24 atom stereocenters. The number of hydrogen-bond acceptors (Lipinski definition) is 24. The van der Waals surface area contributed by atoms with E-state index >= 15 is 0 Å². The molecule has 0 bridgehead atoms. The molecule has 5 aliphatic heterocycles. The van der Waals surface area contributed by atoms with Crippen molar-refractivity contribution in [3.05, 3.63) is 0 Å². The summed E-state index contributed by atoms with van der Waals surface area (Å²) in [6.07, 6.45) is -40.3. The molecule has 53 heavy (non-hydrogen) atoms. The maximum atomic E-state index is 11.0. The molecule has 0 aromatic carbocycles. The van der Waals surface area contributed by atoms with Gasteiger partial charge in [-0.15, -0.1) is 0 Å². The predicted molar refractivity (Wildman–Crippen MR) is 159 cm³/mol. The van der Waals surface area contributed by atoms with Gasteiger partial charge in [-0.05, 0) is 6.92 Å². The molecule has 5 rings (SSSR count). The van der Waals surface area contributed by atoms with Crippen LogP contribution in [0.15, 0.2) is 0 Å². The minimum absolute atomic E-state index is 0.523. The number of aliphatic hydroxyl groups excluding tert-OH is 15. The van der Waals surface area contributed by atoms with E-state index in [1.54, 1.807) is 0 Å². The third-order valence-corrected chi connectivity index (χ3v) is 9.90. The van der Waals surface area contributed by atoms with Crippen LogP contribution in [0.2, 0.25) is 0 Å². The SMILES string of the molecule is C[C@H]1O[C@H](O[C@H]2[C@H](O)[C@@H](O)[C@@H](OC[C@@H]3O[C@@H](O)[C@H](O)[C@H]3O)O[C@@H]2CO)[C@H](O)[C@@H](O)[C@H]1O[C@H]1O[C@H](CO)[C@H](O[C@H]2O[C@H](CO)[C@@H](O)[C@H](O)[C@H]2O)[C@H](O)[C@H]1O. The van der Waals surface area contributed by atoms with Gasteiger partial charge in [0.15, 0.2) is 31.5 Å². The number of ether oxygens (including phenoxy) is 9. The van der Waals surface area contributed by atoms with Crippen molar-refractivity contribution in [2.45, 2.75) is 154 Å². The van der Waals surface area contributed by atoms with Crippen LogP contribution in [-0.4, -0.2) is 250 Å². The van der Waals surface area contributed by atoms with Gasteiger partial charge in [0.05, 0.1) is 32.5 Å². The minimum Gasteiger partial charge on any atom is -0.394 e. The van der Waals surface area contributed by atoms with Crippen molar-refractivity contribution in [2.75, 3.05) is 26.4 Å². The van der Waals surface area contributed by atoms with E-state index in [-0.39, 0.29) is 0 Å². The van der Waals surface area contributed by atoms with Gasteiger partial charge in [0.1, 0.15) is 110 Å². The zero-order chi connectivity index (χ0) is 39.0. The fourth-order valence-electron chi connectivity index (χ4n) is 6.70. The van der Waals surface area contributed by atoms with Crippen LogP contribution in [-0.2, 0) is 42.6 Å². The Balaban J connectivity index is 1.18. The number of hydrogen-bond donors (Lipinski definition) is 15. The van der Waals surface area contributed by atoms with E-state index < -0.39 is 174 Å². The van der Waals surface area contributed by atoms with Crippen molar-refractivity contribution in [3.63, 3.8) is 0 Å². The summed E-state index contributed by atoms with van der Waals surface area (Å²) in [7, 11) is 0. The fourth-order valence-corrected chi connectivity index (χ4v) is 6.70. The average molecular weight is 783 g/mol. The maximum Gasteiger partial charge on any atom is 0.187 e. The Hall–Kier alpha value is -0.960. The van der Waals surface area contributed by atoms with Crippen molar-refractivity contribution < 1.29 is 119 Å². The Bertz CT molecular complexity index is 1140. The molecule has 0 amide bonds. The Kier molecular flexibility index (Phi) is 14.7. The van der Waals surface area contributed by atoms with Crippen LogP contribution in [0.1, 0.15) is 6.92 Å². The standard InChI is InChI=1S/C29H50O24/c1-6-22(51-29-21(43)16(38)24(9(4-32)50-29)53-28-18(40)13(35)11(33)7(2-30)48-28)14(36)20(42)27(46-6)52-23-8(3-31)49-26(19(41)15(23)37)45-5-10-12(34)17(39)25(44)47-10/h6-44H,2-5H2,1H3/t6-,7-,8-,9-,10+,11-,12+,13+,14-,15-,16-,17-,18-,19-,20-,21-,22+,23-,24+,25-,26+,27-,28-,29-/m1/s1. The van der Waals surface area contributed by atoms with Gasteiger partial charge in [-0.1, -0.05) is 0 Å². The molecular formula is C29H50O24. The van der Waals surface area contributed by atoms with Crippen LogP contribution in [0.3, 0.4) is 0 Å². The molecule has 0 radical (unpaired) electrons. The lowest BCUT2D eigenvalue weighted by Gasteiger charge is -2.48. The largest absolute Gasteiger partial charge is 0.394 e. The Morgan fingerprint density at radius 1 is 0.377 bits per heavy atom. The normalized spacial score (nSPS) is 53.9. The molecule has 5 aliphatic rings. The van der Waals surface area contributed by atoms with E-state index in [1.165, 1.54) is 6.92 Å². The molecule has 0 aliphatic carbocycles. The molecule has 0 saturated carbocycles. The van der Waals surface area contributed by atoms with Crippen LogP contribution >= 0.6 is 0 Å². The topological polar surface area (TPSA) is 387 Å². The zero-order valence-electron chi connectivity index (χ0n) is 28.1. The van der Waals surface area contributed by atoms with E-state index in [0.717, 1.165) is 0 Å². The van der Waals surface area contributed by atoms with E-state index in [2.05, 4.69) is 0 Å². The van der Waals surface area contributed by atoms with Gasteiger partial charge in [-0.2, -0.15) is 0 Å². The second-order valence-corrected chi connectivity index (χ2v) is 13.5. The first kappa shape index (κ1) is 43.2. The number of aliphatic hydroxyl groups is 15. The highest BCUT2D eigenvalue weighted by Crippen LogP contribution is 2.34. The minimum atomic E-state index is -1.98. The van der Waals surface area contributed by atoms with Crippen LogP contribution in [0.4, 0.5) is 0 Å². The molecule has 24 nitrogen and oxygen atoms in total.